The van der Waals surface area contributed by atoms with Crippen molar-refractivity contribution in [2.75, 3.05) is 16.4 Å². The third-order valence-corrected chi connectivity index (χ3v) is 6.47. The molecule has 0 fully saturated rings. The third kappa shape index (κ3) is 7.96. The molecule has 3 aromatic carbocycles. The fourth-order valence-corrected chi connectivity index (χ4v) is 4.36. The van der Waals surface area contributed by atoms with Crippen molar-refractivity contribution in [1.82, 2.24) is 10.3 Å². The van der Waals surface area contributed by atoms with Crippen LogP contribution >= 0.6 is 0 Å². The van der Waals surface area contributed by atoms with Crippen molar-refractivity contribution in [2.24, 2.45) is 0 Å². The molecule has 4 bridgehead atoms. The summed E-state index contributed by atoms with van der Waals surface area (Å²) >= 11 is 0. The van der Waals surface area contributed by atoms with Crippen LogP contribution in [0.1, 0.15) is 35.6 Å². The topological polar surface area (TPSA) is 146 Å². The third-order valence-electron chi connectivity index (χ3n) is 6.47. The van der Waals surface area contributed by atoms with Gasteiger partial charge in [-0.1, -0.05) is 36.4 Å². The number of nitrogens with one attached hydrogen (secondary N) is 3. The van der Waals surface area contributed by atoms with E-state index >= 15 is 0 Å². The summed E-state index contributed by atoms with van der Waals surface area (Å²) in [6, 6.07) is 22.7. The van der Waals surface area contributed by atoms with E-state index in [1.807, 2.05) is 72.8 Å². The van der Waals surface area contributed by atoms with Gasteiger partial charge in [0.25, 0.3) is 0 Å². The molecule has 1 unspecified atom stereocenters. The van der Waals surface area contributed by atoms with Crippen molar-refractivity contribution < 1.29 is 32.7 Å². The van der Waals surface area contributed by atoms with E-state index in [0.29, 0.717) is 18.8 Å². The SMILES string of the molecule is Nc1nccc2cc(NC3C(=O)NCc4cccc(c4)NC(=O)CCCc4ccc3cc4)ccc12.O=C(O)C(F)(F)F. The van der Waals surface area contributed by atoms with Crippen molar-refractivity contribution in [1.29, 1.82) is 0 Å². The molecule has 0 saturated heterocycles. The van der Waals surface area contributed by atoms with E-state index < -0.39 is 18.2 Å². The van der Waals surface area contributed by atoms with E-state index in [1.165, 1.54) is 0 Å². The summed E-state index contributed by atoms with van der Waals surface area (Å²) in [7, 11) is 0. The number of alkyl halides is 3. The number of nitrogens with two attached hydrogens (primary N) is 1. The largest absolute Gasteiger partial charge is 0.490 e. The zero-order chi connectivity index (χ0) is 30.3. The molecule has 0 saturated carbocycles. The number of aliphatic carboxylic acids is 1. The number of fused-ring (bicyclic) bond motifs is 10. The van der Waals surface area contributed by atoms with Crippen LogP contribution in [-0.4, -0.2) is 34.1 Å². The van der Waals surface area contributed by atoms with Crippen LogP contribution in [0, 0.1) is 0 Å². The predicted molar refractivity (Wildman–Crippen MR) is 153 cm³/mol. The maximum atomic E-state index is 13.4. The van der Waals surface area contributed by atoms with Gasteiger partial charge in [0, 0.05) is 35.9 Å². The summed E-state index contributed by atoms with van der Waals surface area (Å²) in [6.07, 6.45) is -1.41. The average Bonchev–Trinajstić information content (AvgIpc) is 2.95. The van der Waals surface area contributed by atoms with Gasteiger partial charge in [-0.2, -0.15) is 13.2 Å². The molecule has 0 radical (unpaired) electrons. The zero-order valence-corrected chi connectivity index (χ0v) is 22.2. The molecule has 2 aliphatic rings. The normalized spacial score (nSPS) is 15.6. The molecule has 42 heavy (non-hydrogen) atoms. The van der Waals surface area contributed by atoms with Crippen LogP contribution in [0.4, 0.5) is 30.4 Å². The first-order valence-corrected chi connectivity index (χ1v) is 13.0. The van der Waals surface area contributed by atoms with Crippen LogP contribution in [0.5, 0.6) is 0 Å². The molecule has 9 nitrogen and oxygen atoms in total. The van der Waals surface area contributed by atoms with Crippen LogP contribution in [0.15, 0.2) is 79.0 Å². The lowest BCUT2D eigenvalue weighted by molar-refractivity contribution is -0.192. The number of nitrogen functional groups attached to an aromatic ring is 1. The number of hydrogen-bond donors (Lipinski definition) is 5. The van der Waals surface area contributed by atoms with Crippen LogP contribution in [0.25, 0.3) is 10.8 Å². The Kier molecular flexibility index (Phi) is 9.25. The molecule has 218 valence electrons. The monoisotopic (exact) mass is 579 g/mol. The number of aryl methyl sites for hydroxylation is 1. The van der Waals surface area contributed by atoms with Crippen LogP contribution < -0.4 is 21.7 Å². The highest BCUT2D eigenvalue weighted by molar-refractivity contribution is 5.94. The Morgan fingerprint density at radius 3 is 2.43 bits per heavy atom. The summed E-state index contributed by atoms with van der Waals surface area (Å²) in [4.78, 5) is 38.7. The molecule has 0 spiro atoms. The van der Waals surface area contributed by atoms with Crippen LogP contribution in [-0.2, 0) is 27.3 Å². The summed E-state index contributed by atoms with van der Waals surface area (Å²) in [5.41, 5.74) is 10.4. The molecule has 2 amide bonds. The second-order valence-corrected chi connectivity index (χ2v) is 9.57. The molecular formula is C30H28F3N5O4. The Balaban J connectivity index is 0.000000517. The first kappa shape index (κ1) is 29.8. The summed E-state index contributed by atoms with van der Waals surface area (Å²) in [5.74, 6) is -2.43. The number of benzene rings is 3. The number of aromatic nitrogens is 1. The second-order valence-electron chi connectivity index (χ2n) is 9.57. The molecule has 12 heteroatoms. The number of carboxylic acid groups (broad SMARTS) is 1. The zero-order valence-electron chi connectivity index (χ0n) is 22.2. The van der Waals surface area contributed by atoms with E-state index in [2.05, 4.69) is 20.9 Å². The first-order chi connectivity index (χ1) is 20.0. The van der Waals surface area contributed by atoms with Crippen LogP contribution in [0.2, 0.25) is 0 Å². The Labute approximate surface area is 238 Å². The maximum absolute atomic E-state index is 13.4. The van der Waals surface area contributed by atoms with Gasteiger partial charge >= 0.3 is 12.1 Å². The number of carbonyl (C=O) groups excluding carboxylic acids is 2. The fourth-order valence-electron chi connectivity index (χ4n) is 4.36. The minimum atomic E-state index is -5.08. The number of carbonyl (C=O) groups is 3. The van der Waals surface area contributed by atoms with E-state index in [4.69, 9.17) is 15.6 Å². The molecule has 6 rings (SSSR count). The van der Waals surface area contributed by atoms with Gasteiger partial charge in [-0.05, 0) is 71.3 Å². The van der Waals surface area contributed by atoms with Crippen molar-refractivity contribution in [3.63, 3.8) is 0 Å². The molecule has 1 atom stereocenters. The summed E-state index contributed by atoms with van der Waals surface area (Å²) < 4.78 is 31.7. The van der Waals surface area contributed by atoms with E-state index in [1.54, 1.807) is 6.20 Å². The number of rotatable bonds is 2. The van der Waals surface area contributed by atoms with Gasteiger partial charge < -0.3 is 26.8 Å². The lowest BCUT2D eigenvalue weighted by Gasteiger charge is -2.21. The van der Waals surface area contributed by atoms with E-state index in [-0.39, 0.29) is 11.8 Å². The van der Waals surface area contributed by atoms with Gasteiger partial charge in [0.05, 0.1) is 0 Å². The molecular weight excluding hydrogens is 551 g/mol. The lowest BCUT2D eigenvalue weighted by atomic mass is 10.0. The highest BCUT2D eigenvalue weighted by atomic mass is 19.4. The van der Waals surface area contributed by atoms with Crippen molar-refractivity contribution in [3.05, 3.63) is 95.7 Å². The molecule has 6 N–H and O–H groups in total. The Morgan fingerprint density at radius 2 is 1.71 bits per heavy atom. The number of anilines is 3. The Morgan fingerprint density at radius 1 is 0.976 bits per heavy atom. The summed E-state index contributed by atoms with van der Waals surface area (Å²) in [5, 5.41) is 18.3. The quantitative estimate of drug-likeness (QED) is 0.220. The number of nitrogens with zero attached hydrogens (tertiary/aromatic N) is 1. The van der Waals surface area contributed by atoms with E-state index in [9.17, 15) is 22.8 Å². The second kappa shape index (κ2) is 13.0. The number of amides is 2. The highest BCUT2D eigenvalue weighted by Crippen LogP contribution is 2.27. The standard InChI is InChI=1S/C28H27N5O2.C2HF3O2/c29-27-24-12-11-23(16-21(24)13-14-30-27)33-26-20-9-7-18(8-10-20)3-2-6-25(34)32-22-5-1-4-19(15-22)17-31-28(26)35;3-2(4,5)1(6)7/h1,4-5,7-16,26,33H,2-3,6,17H2,(H2,29,30)(H,31,35)(H,32,34);(H,6,7). The van der Waals surface area contributed by atoms with E-state index in [0.717, 1.165) is 51.7 Å². The smallest absolute Gasteiger partial charge is 0.475 e. The average molecular weight is 580 g/mol. The van der Waals surface area contributed by atoms with Crippen molar-refractivity contribution in [3.8, 4) is 0 Å². The first-order valence-electron chi connectivity index (χ1n) is 13.0. The molecule has 4 aromatic rings. The number of hydrogen-bond acceptors (Lipinski definition) is 6. The molecule has 3 heterocycles. The fraction of sp³-hybridized carbons (Fsp3) is 0.200. The minimum absolute atomic E-state index is 0.00733. The molecule has 2 aliphatic heterocycles. The Bertz CT molecular complexity index is 1590. The van der Waals surface area contributed by atoms with Gasteiger partial charge in [0.1, 0.15) is 11.9 Å². The number of pyridine rings is 1. The van der Waals surface area contributed by atoms with Crippen molar-refractivity contribution >= 4 is 45.7 Å². The molecule has 0 aliphatic carbocycles. The summed E-state index contributed by atoms with van der Waals surface area (Å²) in [6.45, 7) is 0.346. The minimum Gasteiger partial charge on any atom is -0.475 e. The van der Waals surface area contributed by atoms with Gasteiger partial charge in [-0.15, -0.1) is 0 Å². The number of carboxylic acids is 1. The van der Waals surface area contributed by atoms with Gasteiger partial charge in [0.15, 0.2) is 0 Å². The predicted octanol–water partition coefficient (Wildman–Crippen LogP) is 5.19. The van der Waals surface area contributed by atoms with Gasteiger partial charge in [0.2, 0.25) is 11.8 Å². The van der Waals surface area contributed by atoms with Crippen LogP contribution in [0.3, 0.4) is 0 Å². The van der Waals surface area contributed by atoms with Gasteiger partial charge in [-0.25, -0.2) is 9.78 Å². The van der Waals surface area contributed by atoms with Gasteiger partial charge in [-0.3, -0.25) is 9.59 Å². The van der Waals surface area contributed by atoms with Crippen molar-refractivity contribution in [2.45, 2.75) is 38.0 Å². The number of halogens is 3. The maximum Gasteiger partial charge on any atom is 0.490 e. The molecule has 1 aromatic heterocycles. The Hall–Kier alpha value is -5.13. The highest BCUT2D eigenvalue weighted by Gasteiger charge is 2.38. The lowest BCUT2D eigenvalue weighted by Crippen LogP contribution is -2.33.